The average Bonchev–Trinajstić information content (AvgIpc) is 2.39. The zero-order chi connectivity index (χ0) is 13.1. The lowest BCUT2D eigenvalue weighted by atomic mass is 9.87. The fourth-order valence-electron chi connectivity index (χ4n) is 2.31. The Morgan fingerprint density at radius 1 is 1.61 bits per heavy atom. The highest BCUT2D eigenvalue weighted by Gasteiger charge is 2.28. The van der Waals surface area contributed by atoms with Crippen molar-refractivity contribution in [1.82, 2.24) is 9.88 Å². The summed E-state index contributed by atoms with van der Waals surface area (Å²) < 4.78 is 12.8. The molecule has 1 aliphatic heterocycles. The van der Waals surface area contributed by atoms with E-state index < -0.39 is 5.82 Å². The minimum Gasteiger partial charge on any atom is -0.337 e. The first kappa shape index (κ1) is 13.0. The first-order valence-electron chi connectivity index (χ1n) is 6.22. The molecule has 98 valence electrons. The second-order valence-electron chi connectivity index (χ2n) is 4.87. The van der Waals surface area contributed by atoms with Crippen LogP contribution in [0.2, 0.25) is 0 Å². The summed E-state index contributed by atoms with van der Waals surface area (Å²) in [6.07, 6.45) is 2.02. The molecule has 1 fully saturated rings. The fourth-order valence-corrected chi connectivity index (χ4v) is 2.31. The number of halogens is 1. The van der Waals surface area contributed by atoms with Gasteiger partial charge in [0.15, 0.2) is 0 Å². The third-order valence-corrected chi connectivity index (χ3v) is 3.65. The van der Waals surface area contributed by atoms with Crippen molar-refractivity contribution in [2.24, 2.45) is 17.6 Å². The maximum absolute atomic E-state index is 12.8. The lowest BCUT2D eigenvalue weighted by Gasteiger charge is -2.36. The van der Waals surface area contributed by atoms with Gasteiger partial charge in [-0.05, 0) is 36.9 Å². The monoisotopic (exact) mass is 251 g/mol. The molecule has 2 N–H and O–H groups in total. The van der Waals surface area contributed by atoms with Gasteiger partial charge in [-0.2, -0.15) is 0 Å². The highest BCUT2D eigenvalue weighted by Crippen LogP contribution is 2.23. The van der Waals surface area contributed by atoms with Gasteiger partial charge in [-0.25, -0.2) is 9.37 Å². The lowest BCUT2D eigenvalue weighted by Crippen LogP contribution is -2.45. The number of amides is 1. The second-order valence-corrected chi connectivity index (χ2v) is 4.87. The zero-order valence-electron chi connectivity index (χ0n) is 10.5. The predicted octanol–water partition coefficient (Wildman–Crippen LogP) is 1.28. The Morgan fingerprint density at radius 2 is 2.39 bits per heavy atom. The maximum Gasteiger partial charge on any atom is 0.272 e. The number of carbonyl (C=O) groups is 1. The summed E-state index contributed by atoms with van der Waals surface area (Å²) in [6.45, 7) is 4.13. The van der Waals surface area contributed by atoms with Gasteiger partial charge < -0.3 is 10.6 Å². The number of hydrogen-bond acceptors (Lipinski definition) is 3. The van der Waals surface area contributed by atoms with Crippen LogP contribution in [-0.4, -0.2) is 35.4 Å². The molecule has 1 aromatic heterocycles. The Hall–Kier alpha value is -1.49. The van der Waals surface area contributed by atoms with Crippen LogP contribution in [0.15, 0.2) is 18.3 Å². The standard InChI is InChI=1S/C13H18FN3O/c1-9-4-5-17(8-10(9)6-15)13(18)12-3-2-11(14)7-16-12/h2-3,7,9-10H,4-6,8,15H2,1H3. The third kappa shape index (κ3) is 2.67. The summed E-state index contributed by atoms with van der Waals surface area (Å²) in [4.78, 5) is 17.8. The van der Waals surface area contributed by atoms with E-state index in [4.69, 9.17) is 5.73 Å². The van der Waals surface area contributed by atoms with Crippen LogP contribution in [-0.2, 0) is 0 Å². The van der Waals surface area contributed by atoms with Crippen LogP contribution in [0.1, 0.15) is 23.8 Å². The largest absolute Gasteiger partial charge is 0.337 e. The van der Waals surface area contributed by atoms with Crippen LogP contribution in [0.4, 0.5) is 4.39 Å². The molecule has 0 aliphatic carbocycles. The molecular weight excluding hydrogens is 233 g/mol. The highest BCUT2D eigenvalue weighted by molar-refractivity contribution is 5.92. The van der Waals surface area contributed by atoms with Crippen LogP contribution < -0.4 is 5.73 Å². The van der Waals surface area contributed by atoms with E-state index in [-0.39, 0.29) is 5.91 Å². The molecule has 1 amide bonds. The summed E-state index contributed by atoms with van der Waals surface area (Å²) in [5, 5.41) is 0. The third-order valence-electron chi connectivity index (χ3n) is 3.65. The smallest absolute Gasteiger partial charge is 0.272 e. The molecule has 0 aromatic carbocycles. The van der Waals surface area contributed by atoms with Crippen molar-refractivity contribution in [3.8, 4) is 0 Å². The van der Waals surface area contributed by atoms with Gasteiger partial charge in [0.1, 0.15) is 11.5 Å². The van der Waals surface area contributed by atoms with Crippen LogP contribution in [0.3, 0.4) is 0 Å². The molecule has 0 spiro atoms. The Morgan fingerprint density at radius 3 is 3.00 bits per heavy atom. The number of likely N-dealkylation sites (tertiary alicyclic amines) is 1. The number of pyridine rings is 1. The number of carbonyl (C=O) groups excluding carboxylic acids is 1. The van der Waals surface area contributed by atoms with Crippen molar-refractivity contribution in [2.75, 3.05) is 19.6 Å². The van der Waals surface area contributed by atoms with Crippen molar-refractivity contribution < 1.29 is 9.18 Å². The van der Waals surface area contributed by atoms with Crippen molar-refractivity contribution in [3.05, 3.63) is 29.8 Å². The SMILES string of the molecule is CC1CCN(C(=O)c2ccc(F)cn2)CC1CN. The number of nitrogens with two attached hydrogens (primary N) is 1. The maximum atomic E-state index is 12.8. The minimum atomic E-state index is -0.432. The molecule has 2 atom stereocenters. The molecule has 5 heteroatoms. The van der Waals surface area contributed by atoms with Gasteiger partial charge in [0.25, 0.3) is 5.91 Å². The first-order valence-corrected chi connectivity index (χ1v) is 6.22. The summed E-state index contributed by atoms with van der Waals surface area (Å²) in [7, 11) is 0. The molecule has 2 unspecified atom stereocenters. The minimum absolute atomic E-state index is 0.139. The summed E-state index contributed by atoms with van der Waals surface area (Å²) in [5.41, 5.74) is 6.00. The molecular formula is C13H18FN3O. The van der Waals surface area contributed by atoms with Crippen LogP contribution in [0.5, 0.6) is 0 Å². The number of hydrogen-bond donors (Lipinski definition) is 1. The van der Waals surface area contributed by atoms with Gasteiger partial charge in [-0.1, -0.05) is 6.92 Å². The fraction of sp³-hybridized carbons (Fsp3) is 0.538. The van der Waals surface area contributed by atoms with E-state index in [1.165, 1.54) is 12.1 Å². The highest BCUT2D eigenvalue weighted by atomic mass is 19.1. The molecule has 18 heavy (non-hydrogen) atoms. The first-order chi connectivity index (χ1) is 8.61. The van der Waals surface area contributed by atoms with Gasteiger partial charge in [-0.15, -0.1) is 0 Å². The molecule has 0 radical (unpaired) electrons. The molecule has 4 nitrogen and oxygen atoms in total. The molecule has 0 saturated carbocycles. The second kappa shape index (κ2) is 5.44. The molecule has 1 aliphatic rings. The van der Waals surface area contributed by atoms with E-state index in [2.05, 4.69) is 11.9 Å². The van der Waals surface area contributed by atoms with E-state index in [1.807, 2.05) is 0 Å². The summed E-state index contributed by atoms with van der Waals surface area (Å²) >= 11 is 0. The predicted molar refractivity (Wildman–Crippen MR) is 66.4 cm³/mol. The Bertz CT molecular complexity index is 421. The quantitative estimate of drug-likeness (QED) is 0.861. The van der Waals surface area contributed by atoms with Crippen molar-refractivity contribution in [3.63, 3.8) is 0 Å². The van der Waals surface area contributed by atoms with Crippen LogP contribution in [0.25, 0.3) is 0 Å². The number of nitrogens with zero attached hydrogens (tertiary/aromatic N) is 2. The average molecular weight is 251 g/mol. The molecule has 1 saturated heterocycles. The van der Waals surface area contributed by atoms with E-state index in [0.717, 1.165) is 19.2 Å². The zero-order valence-corrected chi connectivity index (χ0v) is 10.5. The van der Waals surface area contributed by atoms with Crippen molar-refractivity contribution in [1.29, 1.82) is 0 Å². The van der Waals surface area contributed by atoms with Crippen molar-refractivity contribution >= 4 is 5.91 Å². The molecule has 2 rings (SSSR count). The van der Waals surface area contributed by atoms with E-state index in [9.17, 15) is 9.18 Å². The van der Waals surface area contributed by atoms with Gasteiger partial charge in [0.05, 0.1) is 6.20 Å². The summed E-state index contributed by atoms with van der Waals surface area (Å²) in [6, 6.07) is 2.68. The molecule has 0 bridgehead atoms. The molecule has 2 heterocycles. The van der Waals surface area contributed by atoms with Gasteiger partial charge in [0, 0.05) is 13.1 Å². The van der Waals surface area contributed by atoms with Gasteiger partial charge in [0.2, 0.25) is 0 Å². The van der Waals surface area contributed by atoms with E-state index >= 15 is 0 Å². The van der Waals surface area contributed by atoms with Crippen molar-refractivity contribution in [2.45, 2.75) is 13.3 Å². The Balaban J connectivity index is 2.07. The lowest BCUT2D eigenvalue weighted by molar-refractivity contribution is 0.0612. The van der Waals surface area contributed by atoms with E-state index in [1.54, 1.807) is 4.90 Å². The number of aromatic nitrogens is 1. The Kier molecular flexibility index (Phi) is 3.91. The van der Waals surface area contributed by atoms with Gasteiger partial charge in [-0.3, -0.25) is 4.79 Å². The summed E-state index contributed by atoms with van der Waals surface area (Å²) in [5.74, 6) is 0.308. The number of rotatable bonds is 2. The number of piperidine rings is 1. The topological polar surface area (TPSA) is 59.2 Å². The van der Waals surface area contributed by atoms with E-state index in [0.29, 0.717) is 30.6 Å². The van der Waals surface area contributed by atoms with Gasteiger partial charge >= 0.3 is 0 Å². The van der Waals surface area contributed by atoms with Crippen LogP contribution in [0, 0.1) is 17.7 Å². The Labute approximate surface area is 106 Å². The molecule has 1 aromatic rings. The normalized spacial score (nSPS) is 24.1. The van der Waals surface area contributed by atoms with Crippen LogP contribution >= 0.6 is 0 Å².